The third kappa shape index (κ3) is 4.56. The highest BCUT2D eigenvalue weighted by Gasteiger charge is 2.07. The number of benzene rings is 2. The molecule has 22 heavy (non-hydrogen) atoms. The molecule has 5 heteroatoms. The molecule has 2 aromatic carbocycles. The minimum absolute atomic E-state index is 0.345. The Labute approximate surface area is 137 Å². The van der Waals surface area contributed by atoms with Crippen molar-refractivity contribution in [2.45, 2.75) is 6.92 Å². The van der Waals surface area contributed by atoms with E-state index in [1.54, 1.807) is 18.2 Å². The molecule has 0 saturated heterocycles. The smallest absolute Gasteiger partial charge is 0.268 e. The average Bonchev–Trinajstić information content (AvgIpc) is 2.51. The number of hydrazine groups is 1. The van der Waals surface area contributed by atoms with E-state index in [1.165, 1.54) is 6.08 Å². The van der Waals surface area contributed by atoms with Gasteiger partial charge in [-0.15, -0.1) is 0 Å². The summed E-state index contributed by atoms with van der Waals surface area (Å²) in [5.41, 5.74) is 7.00. The van der Waals surface area contributed by atoms with Crippen LogP contribution >= 0.6 is 15.9 Å². The molecule has 0 radical (unpaired) electrons. The fraction of sp³-hybridized carbons (Fsp3) is 0.0588. The van der Waals surface area contributed by atoms with Crippen LogP contribution in [0.25, 0.3) is 6.08 Å². The van der Waals surface area contributed by atoms with E-state index in [9.17, 15) is 9.59 Å². The predicted octanol–water partition coefficient (Wildman–Crippen LogP) is 3.23. The number of halogens is 1. The van der Waals surface area contributed by atoms with Gasteiger partial charge in [0.15, 0.2) is 0 Å². The molecule has 0 fully saturated rings. The number of carbonyl (C=O) groups excluding carboxylic acids is 2. The molecule has 0 saturated carbocycles. The highest BCUT2D eigenvalue weighted by molar-refractivity contribution is 9.10. The molecular formula is C17H15BrN2O2. The molecule has 2 amide bonds. The van der Waals surface area contributed by atoms with Crippen LogP contribution in [0.4, 0.5) is 0 Å². The molecule has 0 spiro atoms. The molecule has 112 valence electrons. The first-order valence-corrected chi connectivity index (χ1v) is 7.45. The first-order chi connectivity index (χ1) is 10.6. The lowest BCUT2D eigenvalue weighted by atomic mass is 10.1. The zero-order valence-corrected chi connectivity index (χ0v) is 13.6. The Morgan fingerprint density at radius 3 is 2.55 bits per heavy atom. The third-order valence-electron chi connectivity index (χ3n) is 2.96. The van der Waals surface area contributed by atoms with E-state index in [4.69, 9.17) is 0 Å². The van der Waals surface area contributed by atoms with Crippen LogP contribution < -0.4 is 10.9 Å². The summed E-state index contributed by atoms with van der Waals surface area (Å²) in [5.74, 6) is -0.746. The van der Waals surface area contributed by atoms with Crippen molar-refractivity contribution in [3.8, 4) is 0 Å². The van der Waals surface area contributed by atoms with Crippen LogP contribution in [-0.2, 0) is 4.79 Å². The molecule has 0 bridgehead atoms. The first-order valence-electron chi connectivity index (χ1n) is 6.66. The topological polar surface area (TPSA) is 58.2 Å². The van der Waals surface area contributed by atoms with Crippen molar-refractivity contribution in [1.82, 2.24) is 10.9 Å². The molecule has 0 aromatic heterocycles. The highest BCUT2D eigenvalue weighted by Crippen LogP contribution is 2.12. The maximum Gasteiger partial charge on any atom is 0.269 e. The molecule has 0 aliphatic rings. The van der Waals surface area contributed by atoms with E-state index >= 15 is 0 Å². The van der Waals surface area contributed by atoms with Gasteiger partial charge in [0.2, 0.25) is 0 Å². The zero-order valence-electron chi connectivity index (χ0n) is 12.0. The molecule has 2 rings (SSSR count). The first kappa shape index (κ1) is 16.0. The van der Waals surface area contributed by atoms with Gasteiger partial charge in [0.25, 0.3) is 11.8 Å². The summed E-state index contributed by atoms with van der Waals surface area (Å²) < 4.78 is 0.933. The Hall–Kier alpha value is -2.40. The van der Waals surface area contributed by atoms with Crippen LogP contribution in [0.2, 0.25) is 0 Å². The van der Waals surface area contributed by atoms with Crippen LogP contribution in [0.5, 0.6) is 0 Å². The van der Waals surface area contributed by atoms with E-state index in [2.05, 4.69) is 26.8 Å². The minimum atomic E-state index is -0.401. The molecule has 0 atom stereocenters. The van der Waals surface area contributed by atoms with Crippen molar-refractivity contribution in [3.63, 3.8) is 0 Å². The average molecular weight is 359 g/mol. The summed E-state index contributed by atoms with van der Waals surface area (Å²) in [6, 6.07) is 14.7. The lowest BCUT2D eigenvalue weighted by Crippen LogP contribution is -2.41. The molecule has 4 nitrogen and oxygen atoms in total. The molecule has 2 N–H and O–H groups in total. The number of hydrogen-bond acceptors (Lipinski definition) is 2. The summed E-state index contributed by atoms with van der Waals surface area (Å²) in [6.45, 7) is 1.84. The van der Waals surface area contributed by atoms with Crippen molar-refractivity contribution >= 4 is 33.8 Å². The Balaban J connectivity index is 1.90. The number of amides is 2. The third-order valence-corrected chi connectivity index (χ3v) is 3.46. The lowest BCUT2D eigenvalue weighted by Gasteiger charge is -2.07. The predicted molar refractivity (Wildman–Crippen MR) is 90.0 cm³/mol. The van der Waals surface area contributed by atoms with Crippen LogP contribution in [0.1, 0.15) is 21.5 Å². The van der Waals surface area contributed by atoms with Crippen LogP contribution in [-0.4, -0.2) is 11.8 Å². The van der Waals surface area contributed by atoms with Gasteiger partial charge in [-0.3, -0.25) is 20.4 Å². The normalized spacial score (nSPS) is 10.5. The molecule has 2 aromatic rings. The van der Waals surface area contributed by atoms with E-state index in [-0.39, 0.29) is 5.91 Å². The summed E-state index contributed by atoms with van der Waals surface area (Å²) in [4.78, 5) is 23.6. The summed E-state index contributed by atoms with van der Waals surface area (Å²) >= 11 is 3.36. The van der Waals surface area contributed by atoms with Crippen LogP contribution in [0.15, 0.2) is 59.1 Å². The van der Waals surface area contributed by atoms with Gasteiger partial charge in [-0.25, -0.2) is 0 Å². The number of aryl methyl sites for hydroxylation is 1. The van der Waals surface area contributed by atoms with E-state index < -0.39 is 5.91 Å². The number of rotatable bonds is 3. The monoisotopic (exact) mass is 358 g/mol. The summed E-state index contributed by atoms with van der Waals surface area (Å²) in [6.07, 6.45) is 3.03. The SMILES string of the molecule is Cc1ccccc1C(=O)NNC(=O)/C=C/c1cccc(Br)c1. The van der Waals surface area contributed by atoms with Gasteiger partial charge >= 0.3 is 0 Å². The van der Waals surface area contributed by atoms with Crippen LogP contribution in [0, 0.1) is 6.92 Å². The maximum atomic E-state index is 11.9. The van der Waals surface area contributed by atoms with Crippen molar-refractivity contribution < 1.29 is 9.59 Å². The fourth-order valence-corrected chi connectivity index (χ4v) is 2.25. The van der Waals surface area contributed by atoms with E-state index in [1.807, 2.05) is 43.3 Å². The molecule has 0 aliphatic carbocycles. The Morgan fingerprint density at radius 1 is 1.05 bits per heavy atom. The zero-order chi connectivity index (χ0) is 15.9. The summed E-state index contributed by atoms with van der Waals surface area (Å²) in [7, 11) is 0. The van der Waals surface area contributed by atoms with Gasteiger partial charge in [0.05, 0.1) is 0 Å². The van der Waals surface area contributed by atoms with Crippen LogP contribution in [0.3, 0.4) is 0 Å². The Morgan fingerprint density at radius 2 is 1.82 bits per heavy atom. The lowest BCUT2D eigenvalue weighted by molar-refractivity contribution is -0.117. The van der Waals surface area contributed by atoms with Crippen molar-refractivity contribution in [2.24, 2.45) is 0 Å². The van der Waals surface area contributed by atoms with Gasteiger partial charge in [-0.2, -0.15) is 0 Å². The second-order valence-electron chi connectivity index (χ2n) is 4.65. The van der Waals surface area contributed by atoms with Gasteiger partial charge in [-0.05, 0) is 42.3 Å². The Bertz CT molecular complexity index is 726. The molecular weight excluding hydrogens is 344 g/mol. The van der Waals surface area contributed by atoms with Gasteiger partial charge in [-0.1, -0.05) is 46.3 Å². The standard InChI is InChI=1S/C17H15BrN2O2/c1-12-5-2-3-8-15(12)17(22)20-19-16(21)10-9-13-6-4-7-14(18)11-13/h2-11H,1H3,(H,19,21)(H,20,22)/b10-9+. The number of hydrogen-bond donors (Lipinski definition) is 2. The maximum absolute atomic E-state index is 11.9. The van der Waals surface area contributed by atoms with Crippen molar-refractivity contribution in [3.05, 3.63) is 75.8 Å². The van der Waals surface area contributed by atoms with Gasteiger partial charge < -0.3 is 0 Å². The second-order valence-corrected chi connectivity index (χ2v) is 5.56. The van der Waals surface area contributed by atoms with Crippen molar-refractivity contribution in [2.75, 3.05) is 0 Å². The molecule has 0 unspecified atom stereocenters. The largest absolute Gasteiger partial charge is 0.269 e. The minimum Gasteiger partial charge on any atom is -0.268 e. The summed E-state index contributed by atoms with van der Waals surface area (Å²) in [5, 5.41) is 0. The van der Waals surface area contributed by atoms with Gasteiger partial charge in [0.1, 0.15) is 0 Å². The fourth-order valence-electron chi connectivity index (χ4n) is 1.84. The van der Waals surface area contributed by atoms with Gasteiger partial charge in [0, 0.05) is 16.1 Å². The Kier molecular flexibility index (Phi) is 5.49. The number of carbonyl (C=O) groups is 2. The van der Waals surface area contributed by atoms with Crippen molar-refractivity contribution in [1.29, 1.82) is 0 Å². The molecule has 0 aliphatic heterocycles. The molecule has 0 heterocycles. The second kappa shape index (κ2) is 7.56. The highest BCUT2D eigenvalue weighted by atomic mass is 79.9. The van der Waals surface area contributed by atoms with E-state index in [0.29, 0.717) is 5.56 Å². The van der Waals surface area contributed by atoms with E-state index in [0.717, 1.165) is 15.6 Å². The number of nitrogens with one attached hydrogen (secondary N) is 2. The quantitative estimate of drug-likeness (QED) is 0.653.